The quantitative estimate of drug-likeness (QED) is 0.351. The van der Waals surface area contributed by atoms with Crippen LogP contribution in [0.4, 0.5) is 0 Å². The van der Waals surface area contributed by atoms with Crippen LogP contribution in [0.3, 0.4) is 0 Å². The normalized spacial score (nSPS) is 11.5. The monoisotopic (exact) mass is 256 g/mol. The van der Waals surface area contributed by atoms with Gasteiger partial charge in [0.25, 0.3) is 0 Å². The zero-order valence-corrected chi connectivity index (χ0v) is 11.8. The summed E-state index contributed by atoms with van der Waals surface area (Å²) >= 11 is 0. The fraction of sp³-hybridized carbons (Fsp3) is 0.100. The SMILES string of the molecule is Cc1cc(C)c2c3ccccc3c3ccccc3c2c1. The molecule has 4 aromatic rings. The molecule has 0 atom stereocenters. The minimum absolute atomic E-state index is 1.33. The lowest BCUT2D eigenvalue weighted by molar-refractivity contribution is 1.44. The average Bonchev–Trinajstić information content (AvgIpc) is 2.47. The lowest BCUT2D eigenvalue weighted by atomic mass is 9.91. The van der Waals surface area contributed by atoms with Crippen molar-refractivity contribution in [2.75, 3.05) is 0 Å². The van der Waals surface area contributed by atoms with Gasteiger partial charge in [0.2, 0.25) is 0 Å². The number of benzene rings is 4. The summed E-state index contributed by atoms with van der Waals surface area (Å²) in [5, 5.41) is 8.18. The summed E-state index contributed by atoms with van der Waals surface area (Å²) in [6.07, 6.45) is 0. The molecule has 0 spiro atoms. The Kier molecular flexibility index (Phi) is 2.34. The van der Waals surface area contributed by atoms with E-state index in [0.717, 1.165) is 0 Å². The third-order valence-corrected chi connectivity index (χ3v) is 4.18. The van der Waals surface area contributed by atoms with Gasteiger partial charge < -0.3 is 0 Å². The number of hydrogen-bond donors (Lipinski definition) is 0. The molecule has 0 aliphatic rings. The summed E-state index contributed by atoms with van der Waals surface area (Å²) in [6.45, 7) is 4.40. The largest absolute Gasteiger partial charge is 0.0616 e. The van der Waals surface area contributed by atoms with Crippen molar-refractivity contribution in [2.24, 2.45) is 0 Å². The summed E-state index contributed by atoms with van der Waals surface area (Å²) in [4.78, 5) is 0. The van der Waals surface area contributed by atoms with Gasteiger partial charge >= 0.3 is 0 Å². The van der Waals surface area contributed by atoms with E-state index in [1.165, 1.54) is 43.4 Å². The van der Waals surface area contributed by atoms with Crippen LogP contribution in [-0.4, -0.2) is 0 Å². The zero-order valence-electron chi connectivity index (χ0n) is 11.8. The molecule has 0 unspecified atom stereocenters. The first kappa shape index (κ1) is 11.5. The lowest BCUT2D eigenvalue weighted by Gasteiger charge is -2.13. The molecule has 4 aromatic carbocycles. The summed E-state index contributed by atoms with van der Waals surface area (Å²) in [6, 6.07) is 22.1. The van der Waals surface area contributed by atoms with Crippen LogP contribution in [0.5, 0.6) is 0 Å². The molecule has 0 aromatic heterocycles. The molecule has 0 heteroatoms. The van der Waals surface area contributed by atoms with E-state index >= 15 is 0 Å². The molecule has 0 N–H and O–H groups in total. The average molecular weight is 256 g/mol. The first-order chi connectivity index (χ1) is 9.75. The summed E-state index contributed by atoms with van der Waals surface area (Å²) in [5.41, 5.74) is 2.69. The second-order valence-electron chi connectivity index (χ2n) is 5.60. The predicted octanol–water partition coefficient (Wildman–Crippen LogP) is 5.76. The summed E-state index contributed by atoms with van der Waals surface area (Å²) < 4.78 is 0. The van der Waals surface area contributed by atoms with Crippen molar-refractivity contribution in [1.29, 1.82) is 0 Å². The molecule has 0 aliphatic carbocycles. The Balaban J connectivity index is 2.46. The van der Waals surface area contributed by atoms with E-state index in [0.29, 0.717) is 0 Å². The minimum atomic E-state index is 1.33. The fourth-order valence-electron chi connectivity index (χ4n) is 3.43. The van der Waals surface area contributed by atoms with E-state index in [2.05, 4.69) is 74.5 Å². The van der Waals surface area contributed by atoms with Gasteiger partial charge in [0.05, 0.1) is 0 Å². The van der Waals surface area contributed by atoms with Gasteiger partial charge in [-0.1, -0.05) is 66.2 Å². The molecular formula is C20H16. The van der Waals surface area contributed by atoms with Crippen molar-refractivity contribution in [3.8, 4) is 0 Å². The van der Waals surface area contributed by atoms with Gasteiger partial charge in [-0.15, -0.1) is 0 Å². The van der Waals surface area contributed by atoms with Gasteiger partial charge in [-0.25, -0.2) is 0 Å². The van der Waals surface area contributed by atoms with Crippen molar-refractivity contribution in [1.82, 2.24) is 0 Å². The summed E-state index contributed by atoms with van der Waals surface area (Å²) in [5.74, 6) is 0. The van der Waals surface area contributed by atoms with Crippen LogP contribution >= 0.6 is 0 Å². The van der Waals surface area contributed by atoms with Crippen molar-refractivity contribution in [3.63, 3.8) is 0 Å². The Labute approximate surface area is 118 Å². The third-order valence-electron chi connectivity index (χ3n) is 4.18. The van der Waals surface area contributed by atoms with Gasteiger partial charge in [-0.05, 0) is 51.7 Å². The fourth-order valence-corrected chi connectivity index (χ4v) is 3.43. The van der Waals surface area contributed by atoms with E-state index in [9.17, 15) is 0 Å². The molecule has 0 amide bonds. The molecule has 0 radical (unpaired) electrons. The second kappa shape index (κ2) is 4.08. The molecule has 0 heterocycles. The number of hydrogen-bond acceptors (Lipinski definition) is 0. The zero-order chi connectivity index (χ0) is 13.7. The van der Waals surface area contributed by atoms with Gasteiger partial charge in [0.1, 0.15) is 0 Å². The third kappa shape index (κ3) is 1.48. The maximum Gasteiger partial charge on any atom is -0.00695 e. The van der Waals surface area contributed by atoms with Crippen LogP contribution in [0.15, 0.2) is 60.7 Å². The molecule has 0 saturated carbocycles. The van der Waals surface area contributed by atoms with E-state index in [-0.39, 0.29) is 0 Å². The molecule has 0 fully saturated rings. The number of aryl methyl sites for hydroxylation is 2. The van der Waals surface area contributed by atoms with Crippen LogP contribution in [0.1, 0.15) is 11.1 Å². The van der Waals surface area contributed by atoms with E-state index in [4.69, 9.17) is 0 Å². The Hall–Kier alpha value is -2.34. The molecule has 0 nitrogen and oxygen atoms in total. The van der Waals surface area contributed by atoms with E-state index in [1.807, 2.05) is 0 Å². The first-order valence-electron chi connectivity index (χ1n) is 7.06. The number of fused-ring (bicyclic) bond motifs is 6. The first-order valence-corrected chi connectivity index (χ1v) is 7.06. The standard InChI is InChI=1S/C20H16/c1-13-11-14(2)20-18-10-6-5-8-16(18)15-7-3-4-9-17(15)19(20)12-13/h3-12H,1-2H3. The van der Waals surface area contributed by atoms with Crippen molar-refractivity contribution in [3.05, 3.63) is 71.8 Å². The van der Waals surface area contributed by atoms with E-state index < -0.39 is 0 Å². The Morgan fingerprint density at radius 3 is 1.70 bits per heavy atom. The highest BCUT2D eigenvalue weighted by Gasteiger charge is 2.09. The molecule has 4 rings (SSSR count). The maximum atomic E-state index is 2.32. The van der Waals surface area contributed by atoms with Gasteiger partial charge in [0, 0.05) is 0 Å². The minimum Gasteiger partial charge on any atom is -0.0616 e. The highest BCUT2D eigenvalue weighted by atomic mass is 14.1. The van der Waals surface area contributed by atoms with Crippen LogP contribution in [-0.2, 0) is 0 Å². The van der Waals surface area contributed by atoms with Crippen molar-refractivity contribution >= 4 is 32.3 Å². The van der Waals surface area contributed by atoms with Gasteiger partial charge in [-0.2, -0.15) is 0 Å². The Morgan fingerprint density at radius 1 is 0.550 bits per heavy atom. The maximum absolute atomic E-state index is 2.32. The molecule has 96 valence electrons. The molecule has 0 aliphatic heterocycles. The van der Waals surface area contributed by atoms with Crippen molar-refractivity contribution in [2.45, 2.75) is 13.8 Å². The Morgan fingerprint density at radius 2 is 1.05 bits per heavy atom. The summed E-state index contributed by atoms with van der Waals surface area (Å²) in [7, 11) is 0. The smallest absolute Gasteiger partial charge is 0.00695 e. The molecule has 0 bridgehead atoms. The Bertz CT molecular complexity index is 962. The molecule has 0 saturated heterocycles. The second-order valence-corrected chi connectivity index (χ2v) is 5.60. The molecule has 20 heavy (non-hydrogen) atoms. The van der Waals surface area contributed by atoms with Crippen LogP contribution in [0.2, 0.25) is 0 Å². The topological polar surface area (TPSA) is 0 Å². The van der Waals surface area contributed by atoms with Crippen LogP contribution < -0.4 is 0 Å². The van der Waals surface area contributed by atoms with E-state index in [1.54, 1.807) is 0 Å². The number of rotatable bonds is 0. The van der Waals surface area contributed by atoms with Crippen LogP contribution in [0, 0.1) is 13.8 Å². The highest BCUT2D eigenvalue weighted by Crippen LogP contribution is 2.36. The lowest BCUT2D eigenvalue weighted by Crippen LogP contribution is -1.87. The van der Waals surface area contributed by atoms with Gasteiger partial charge in [0.15, 0.2) is 0 Å². The molecular weight excluding hydrogens is 240 g/mol. The predicted molar refractivity (Wildman–Crippen MR) is 88.4 cm³/mol. The highest BCUT2D eigenvalue weighted by molar-refractivity contribution is 6.26. The van der Waals surface area contributed by atoms with Crippen molar-refractivity contribution < 1.29 is 0 Å². The van der Waals surface area contributed by atoms with Gasteiger partial charge in [-0.3, -0.25) is 0 Å². The van der Waals surface area contributed by atoms with Crippen LogP contribution in [0.25, 0.3) is 32.3 Å².